The molecule has 0 aliphatic carbocycles. The van der Waals surface area contributed by atoms with Crippen LogP contribution in [0.5, 0.6) is 0 Å². The Balaban J connectivity index is 1.16. The molecule has 0 unspecified atom stereocenters. The van der Waals surface area contributed by atoms with E-state index in [0.29, 0.717) is 17.6 Å². The topological polar surface area (TPSA) is 61.7 Å². The van der Waals surface area contributed by atoms with Crippen LogP contribution in [0.3, 0.4) is 0 Å². The largest absolute Gasteiger partial charge is 0.454 e. The van der Waals surface area contributed by atoms with E-state index in [0.717, 1.165) is 77.0 Å². The van der Waals surface area contributed by atoms with Crippen molar-refractivity contribution in [1.29, 1.82) is 0 Å². The van der Waals surface area contributed by atoms with Crippen LogP contribution in [0.1, 0.15) is 0 Å². The molecule has 0 radical (unpaired) electrons. The van der Waals surface area contributed by atoms with Gasteiger partial charge in [-0.3, -0.25) is 4.57 Å². The molecule has 238 valence electrons. The second kappa shape index (κ2) is 10.7. The molecule has 0 aliphatic heterocycles. The molecule has 7 aromatic carbocycles. The molecule has 0 amide bonds. The summed E-state index contributed by atoms with van der Waals surface area (Å²) < 4.78 is 11.3. The summed E-state index contributed by atoms with van der Waals surface area (Å²) in [6.45, 7) is 0. The molecule has 11 rings (SSSR count). The van der Waals surface area contributed by atoms with Crippen LogP contribution in [0.15, 0.2) is 168 Å². The van der Waals surface area contributed by atoms with Gasteiger partial charge in [0.15, 0.2) is 17.2 Å². The fourth-order valence-electron chi connectivity index (χ4n) is 7.71. The Morgan fingerprint density at radius 2 is 0.922 bits per heavy atom. The van der Waals surface area contributed by atoms with E-state index < -0.39 is 0 Å². The lowest BCUT2D eigenvalue weighted by Gasteiger charge is -2.10. The van der Waals surface area contributed by atoms with Crippen LogP contribution >= 0.6 is 0 Å². The Kier molecular flexibility index (Phi) is 5.86. The van der Waals surface area contributed by atoms with Crippen molar-refractivity contribution >= 4 is 65.6 Å². The predicted molar refractivity (Wildman–Crippen MR) is 207 cm³/mol. The highest BCUT2D eigenvalue weighted by Gasteiger charge is 2.21. The van der Waals surface area contributed by atoms with Crippen LogP contribution in [0.25, 0.3) is 100.0 Å². The smallest absolute Gasteiger partial charge is 0.238 e. The molecule has 0 atom stereocenters. The molecule has 0 fully saturated rings. The molecule has 0 bridgehead atoms. The Morgan fingerprint density at radius 3 is 1.61 bits per heavy atom. The van der Waals surface area contributed by atoms with E-state index in [9.17, 15) is 0 Å². The summed E-state index contributed by atoms with van der Waals surface area (Å²) in [5, 5.41) is 6.76. The normalized spacial score (nSPS) is 11.9. The zero-order chi connectivity index (χ0) is 33.5. The number of nitrogens with zero attached hydrogens (tertiary/aromatic N) is 5. The number of hydrogen-bond donors (Lipinski definition) is 0. The van der Waals surface area contributed by atoms with Crippen molar-refractivity contribution in [2.24, 2.45) is 0 Å². The fraction of sp³-hybridized carbons (Fsp3) is 0. The van der Waals surface area contributed by atoms with E-state index in [2.05, 4.69) is 137 Å². The molecule has 0 spiro atoms. The van der Waals surface area contributed by atoms with E-state index in [1.54, 1.807) is 0 Å². The highest BCUT2D eigenvalue weighted by atomic mass is 16.3. The van der Waals surface area contributed by atoms with Crippen molar-refractivity contribution < 1.29 is 4.42 Å². The molecular formula is C45H27N5O. The third-order valence-corrected chi connectivity index (χ3v) is 9.98. The highest BCUT2D eigenvalue weighted by Crippen LogP contribution is 2.41. The first-order valence-corrected chi connectivity index (χ1v) is 17.0. The maximum atomic E-state index is 6.86. The minimum atomic E-state index is 0.565. The quantitative estimate of drug-likeness (QED) is 0.190. The zero-order valence-electron chi connectivity index (χ0n) is 27.2. The monoisotopic (exact) mass is 653 g/mol. The molecule has 4 heterocycles. The lowest BCUT2D eigenvalue weighted by Crippen LogP contribution is -2.06. The molecule has 0 saturated carbocycles. The molecule has 11 aromatic rings. The molecule has 0 saturated heterocycles. The Morgan fingerprint density at radius 1 is 0.392 bits per heavy atom. The predicted octanol–water partition coefficient (Wildman–Crippen LogP) is 11.3. The second-order valence-corrected chi connectivity index (χ2v) is 12.9. The van der Waals surface area contributed by atoms with Crippen molar-refractivity contribution in [2.75, 3.05) is 0 Å². The van der Waals surface area contributed by atoms with Gasteiger partial charge in [0, 0.05) is 49.1 Å². The molecule has 4 aromatic heterocycles. The molecule has 6 heteroatoms. The van der Waals surface area contributed by atoms with E-state index in [1.807, 2.05) is 36.4 Å². The SMILES string of the molecule is c1ccc(-c2nc(-c3ccc4c(c3)oc3c4ccc4c5ccccc5n(-c5ccccc5)c43)nc(-n3c4ccccc4c4ccccc43)n2)cc1. The third-order valence-electron chi connectivity index (χ3n) is 9.98. The maximum Gasteiger partial charge on any atom is 0.238 e. The average Bonchev–Trinajstić information content (AvgIpc) is 3.86. The molecule has 0 aliphatic rings. The van der Waals surface area contributed by atoms with Crippen molar-refractivity contribution in [3.63, 3.8) is 0 Å². The van der Waals surface area contributed by atoms with Crippen LogP contribution in [0.4, 0.5) is 0 Å². The summed E-state index contributed by atoms with van der Waals surface area (Å²) in [6.07, 6.45) is 0. The summed E-state index contributed by atoms with van der Waals surface area (Å²) in [5.74, 6) is 1.75. The summed E-state index contributed by atoms with van der Waals surface area (Å²) in [5.41, 5.74) is 8.77. The van der Waals surface area contributed by atoms with Gasteiger partial charge in [0.25, 0.3) is 0 Å². The van der Waals surface area contributed by atoms with Gasteiger partial charge in [-0.05, 0) is 48.5 Å². The Labute approximate surface area is 291 Å². The summed E-state index contributed by atoms with van der Waals surface area (Å²) in [4.78, 5) is 15.3. The molecule has 6 nitrogen and oxygen atoms in total. The first kappa shape index (κ1) is 27.9. The van der Waals surface area contributed by atoms with Crippen molar-refractivity contribution in [1.82, 2.24) is 24.1 Å². The number of aromatic nitrogens is 5. The summed E-state index contributed by atoms with van der Waals surface area (Å²) >= 11 is 0. The summed E-state index contributed by atoms with van der Waals surface area (Å²) in [7, 11) is 0. The van der Waals surface area contributed by atoms with Crippen LogP contribution in [-0.2, 0) is 0 Å². The first-order valence-electron chi connectivity index (χ1n) is 17.0. The Bertz CT molecular complexity index is 3080. The lowest BCUT2D eigenvalue weighted by atomic mass is 10.1. The minimum absolute atomic E-state index is 0.565. The zero-order valence-corrected chi connectivity index (χ0v) is 27.2. The van der Waals surface area contributed by atoms with Gasteiger partial charge in [-0.1, -0.05) is 115 Å². The van der Waals surface area contributed by atoms with Crippen molar-refractivity contribution in [3.8, 4) is 34.4 Å². The van der Waals surface area contributed by atoms with Gasteiger partial charge in [-0.2, -0.15) is 9.97 Å². The maximum absolute atomic E-state index is 6.86. The van der Waals surface area contributed by atoms with Gasteiger partial charge in [0.2, 0.25) is 5.95 Å². The number of para-hydroxylation sites is 4. The fourth-order valence-corrected chi connectivity index (χ4v) is 7.71. The number of fused-ring (bicyclic) bond motifs is 10. The van der Waals surface area contributed by atoms with E-state index >= 15 is 0 Å². The van der Waals surface area contributed by atoms with Crippen molar-refractivity contribution in [2.45, 2.75) is 0 Å². The van der Waals surface area contributed by atoms with Gasteiger partial charge in [0.1, 0.15) is 5.58 Å². The van der Waals surface area contributed by atoms with Gasteiger partial charge < -0.3 is 8.98 Å². The van der Waals surface area contributed by atoms with E-state index in [-0.39, 0.29) is 0 Å². The molecule has 51 heavy (non-hydrogen) atoms. The van der Waals surface area contributed by atoms with Gasteiger partial charge in [-0.25, -0.2) is 4.98 Å². The standard InChI is InChI=1S/C45H27N5O/c1-3-13-28(14-4-1)43-46-44(48-45(47-43)50-38-21-11-7-17-31(38)32-18-8-12-22-39(32)50)29-23-24-34-36-26-25-35-33-19-9-10-20-37(33)49(30-15-5-2-6-16-30)41(35)42(36)51-40(34)27-29/h1-27H. The number of furan rings is 1. The lowest BCUT2D eigenvalue weighted by molar-refractivity contribution is 0.671. The molecular weight excluding hydrogens is 627 g/mol. The minimum Gasteiger partial charge on any atom is -0.454 e. The van der Waals surface area contributed by atoms with Gasteiger partial charge in [0.05, 0.1) is 22.1 Å². The van der Waals surface area contributed by atoms with Crippen LogP contribution in [0.2, 0.25) is 0 Å². The first-order chi connectivity index (χ1) is 25.3. The average molecular weight is 654 g/mol. The number of rotatable bonds is 4. The van der Waals surface area contributed by atoms with Crippen LogP contribution in [0, 0.1) is 0 Å². The van der Waals surface area contributed by atoms with Gasteiger partial charge >= 0.3 is 0 Å². The third kappa shape index (κ3) is 4.14. The second-order valence-electron chi connectivity index (χ2n) is 12.9. The Hall–Kier alpha value is -7.05. The van der Waals surface area contributed by atoms with E-state index in [4.69, 9.17) is 19.4 Å². The number of benzene rings is 7. The molecule has 0 N–H and O–H groups in total. The number of hydrogen-bond acceptors (Lipinski definition) is 4. The highest BCUT2D eigenvalue weighted by molar-refractivity contribution is 6.21. The van der Waals surface area contributed by atoms with Crippen molar-refractivity contribution in [3.05, 3.63) is 164 Å². The van der Waals surface area contributed by atoms with Crippen LogP contribution < -0.4 is 0 Å². The van der Waals surface area contributed by atoms with Crippen LogP contribution in [-0.4, -0.2) is 24.1 Å². The van der Waals surface area contributed by atoms with Gasteiger partial charge in [-0.15, -0.1) is 0 Å². The summed E-state index contributed by atoms with van der Waals surface area (Å²) in [6, 6.07) is 56.6. The van der Waals surface area contributed by atoms with E-state index in [1.165, 1.54) is 5.39 Å².